The van der Waals surface area contributed by atoms with Gasteiger partial charge >= 0.3 is 0 Å². The van der Waals surface area contributed by atoms with E-state index in [2.05, 4.69) is 15.0 Å². The van der Waals surface area contributed by atoms with Gasteiger partial charge in [-0.05, 0) is 55.2 Å². The van der Waals surface area contributed by atoms with Crippen LogP contribution in [0.1, 0.15) is 37.7 Å². The predicted molar refractivity (Wildman–Crippen MR) is 116 cm³/mol. The molecule has 2 aromatic carbocycles. The van der Waals surface area contributed by atoms with Crippen molar-refractivity contribution in [3.8, 4) is 0 Å². The smallest absolute Gasteiger partial charge is 0.262 e. The number of nitrogens with zero attached hydrogens (tertiary/aromatic N) is 1. The Kier molecular flexibility index (Phi) is 7.28. The van der Waals surface area contributed by atoms with E-state index in [1.54, 1.807) is 24.3 Å². The predicted octanol–water partition coefficient (Wildman–Crippen LogP) is 4.16. The van der Waals surface area contributed by atoms with Crippen LogP contribution >= 0.6 is 11.6 Å². The van der Waals surface area contributed by atoms with Crippen LogP contribution in [0.3, 0.4) is 0 Å². The second-order valence-corrected chi connectivity index (χ2v) is 9.07. The number of benzene rings is 2. The quantitative estimate of drug-likeness (QED) is 0.716. The summed E-state index contributed by atoms with van der Waals surface area (Å²) in [6.07, 6.45) is 4.43. The van der Waals surface area contributed by atoms with E-state index in [1.165, 1.54) is 12.1 Å². The number of amidine groups is 1. The average Bonchev–Trinajstić information content (AvgIpc) is 2.96. The Labute approximate surface area is 176 Å². The second kappa shape index (κ2) is 9.89. The summed E-state index contributed by atoms with van der Waals surface area (Å²) in [7, 11) is -3.74. The van der Waals surface area contributed by atoms with Gasteiger partial charge in [-0.3, -0.25) is 14.5 Å². The van der Waals surface area contributed by atoms with Crippen molar-refractivity contribution in [1.82, 2.24) is 4.72 Å². The minimum atomic E-state index is -3.74. The molecule has 29 heavy (non-hydrogen) atoms. The number of halogens is 1. The Bertz CT molecular complexity index is 988. The Morgan fingerprint density at radius 1 is 1.07 bits per heavy atom. The molecule has 1 heterocycles. The third-order valence-electron chi connectivity index (χ3n) is 4.61. The molecule has 0 saturated heterocycles. The molecular formula is C21H24ClN3O3S. The third kappa shape index (κ3) is 6.58. The fourth-order valence-corrected chi connectivity index (χ4v) is 4.31. The van der Waals surface area contributed by atoms with Crippen molar-refractivity contribution < 1.29 is 13.2 Å². The van der Waals surface area contributed by atoms with Crippen LogP contribution in [0.5, 0.6) is 0 Å². The molecule has 0 atom stereocenters. The lowest BCUT2D eigenvalue weighted by Crippen LogP contribution is -2.30. The number of aliphatic imine (C=N–C) groups is 1. The Hall–Kier alpha value is -2.38. The Morgan fingerprint density at radius 3 is 2.66 bits per heavy atom. The normalized spacial score (nSPS) is 14.6. The molecule has 6 nitrogen and oxygen atoms in total. The lowest BCUT2D eigenvalue weighted by atomic mass is 10.1. The Morgan fingerprint density at radius 2 is 1.86 bits per heavy atom. The molecule has 1 aliphatic heterocycles. The average molecular weight is 434 g/mol. The first-order chi connectivity index (χ1) is 13.9. The van der Waals surface area contributed by atoms with Crippen molar-refractivity contribution in [1.29, 1.82) is 0 Å². The minimum absolute atomic E-state index is 0.0972. The molecule has 2 aromatic rings. The zero-order valence-electron chi connectivity index (χ0n) is 16.0. The summed E-state index contributed by atoms with van der Waals surface area (Å²) in [6.45, 7) is 0.640. The minimum Gasteiger partial charge on any atom is -0.326 e. The van der Waals surface area contributed by atoms with E-state index in [9.17, 15) is 13.2 Å². The fourth-order valence-electron chi connectivity index (χ4n) is 3.04. The number of amides is 1. The van der Waals surface area contributed by atoms with Crippen LogP contribution in [0.2, 0.25) is 5.02 Å². The van der Waals surface area contributed by atoms with Gasteiger partial charge in [-0.1, -0.05) is 36.2 Å². The number of hydrogen-bond acceptors (Lipinski definition) is 4. The summed E-state index contributed by atoms with van der Waals surface area (Å²) < 4.78 is 27.9. The van der Waals surface area contributed by atoms with Gasteiger partial charge < -0.3 is 5.32 Å². The highest BCUT2D eigenvalue weighted by molar-refractivity contribution is 7.90. The summed E-state index contributed by atoms with van der Waals surface area (Å²) >= 11 is 5.86. The molecule has 1 aliphatic rings. The van der Waals surface area contributed by atoms with Crippen molar-refractivity contribution in [2.75, 3.05) is 11.9 Å². The largest absolute Gasteiger partial charge is 0.326 e. The van der Waals surface area contributed by atoms with E-state index >= 15 is 0 Å². The van der Waals surface area contributed by atoms with Gasteiger partial charge in [0.15, 0.2) is 0 Å². The summed E-state index contributed by atoms with van der Waals surface area (Å²) in [5.41, 5.74) is 1.45. The third-order valence-corrected chi connectivity index (χ3v) is 6.24. The first kappa shape index (κ1) is 21.3. The molecule has 0 aliphatic carbocycles. The molecule has 8 heteroatoms. The van der Waals surface area contributed by atoms with Gasteiger partial charge in [0, 0.05) is 30.1 Å². The number of rotatable bonds is 6. The lowest BCUT2D eigenvalue weighted by Gasteiger charge is -2.11. The van der Waals surface area contributed by atoms with Crippen molar-refractivity contribution in [2.24, 2.45) is 4.99 Å². The highest BCUT2D eigenvalue weighted by Gasteiger charge is 2.18. The molecule has 0 spiro atoms. The topological polar surface area (TPSA) is 87.6 Å². The van der Waals surface area contributed by atoms with Crippen LogP contribution in [0.15, 0.2) is 58.4 Å². The molecule has 0 bridgehead atoms. The fraction of sp³-hybridized carbons (Fsp3) is 0.333. The number of hydrogen-bond donors (Lipinski definition) is 2. The summed E-state index contributed by atoms with van der Waals surface area (Å²) in [4.78, 5) is 16.7. The molecular weight excluding hydrogens is 410 g/mol. The van der Waals surface area contributed by atoms with Crippen LogP contribution in [0.25, 0.3) is 0 Å². The van der Waals surface area contributed by atoms with Gasteiger partial charge in [-0.25, -0.2) is 8.42 Å². The molecule has 1 amide bonds. The number of aryl methyl sites for hydroxylation is 1. The maximum atomic E-state index is 12.7. The van der Waals surface area contributed by atoms with Crippen LogP contribution in [0, 0.1) is 0 Å². The standard InChI is InChI=1S/C21H24ClN3O3S/c22-17-11-8-16(9-12-17)10-13-21(26)24-18-5-4-6-19(15-18)29(27,28)25-20-7-2-1-3-14-23-20/h4-6,8-9,11-12,15H,1-3,7,10,13-14H2,(H,23,25)(H,24,26). The monoisotopic (exact) mass is 433 g/mol. The molecule has 0 radical (unpaired) electrons. The second-order valence-electron chi connectivity index (χ2n) is 6.95. The van der Waals surface area contributed by atoms with Crippen LogP contribution < -0.4 is 10.0 Å². The van der Waals surface area contributed by atoms with E-state index in [-0.39, 0.29) is 17.2 Å². The SMILES string of the molecule is O=C(CCc1ccc(Cl)cc1)Nc1cccc(S(=O)(=O)NC2=NCCCCC2)c1. The van der Waals surface area contributed by atoms with Crippen LogP contribution in [-0.4, -0.2) is 26.7 Å². The van der Waals surface area contributed by atoms with E-state index in [0.29, 0.717) is 35.9 Å². The zero-order valence-corrected chi connectivity index (χ0v) is 17.6. The summed E-state index contributed by atoms with van der Waals surface area (Å²) in [6, 6.07) is 13.6. The van der Waals surface area contributed by atoms with Gasteiger partial charge in [0.25, 0.3) is 10.0 Å². The van der Waals surface area contributed by atoms with Crippen molar-refractivity contribution in [2.45, 2.75) is 43.4 Å². The number of sulfonamides is 1. The molecule has 3 rings (SSSR count). The molecule has 154 valence electrons. The van der Waals surface area contributed by atoms with Crippen molar-refractivity contribution >= 4 is 39.1 Å². The highest BCUT2D eigenvalue weighted by atomic mass is 35.5. The van der Waals surface area contributed by atoms with Crippen LogP contribution in [0.4, 0.5) is 5.69 Å². The highest BCUT2D eigenvalue weighted by Crippen LogP contribution is 2.17. The van der Waals surface area contributed by atoms with Gasteiger partial charge in [-0.2, -0.15) is 0 Å². The Balaban J connectivity index is 1.61. The first-order valence-corrected chi connectivity index (χ1v) is 11.5. The summed E-state index contributed by atoms with van der Waals surface area (Å²) in [5.74, 6) is 0.315. The van der Waals surface area contributed by atoms with Gasteiger partial charge in [-0.15, -0.1) is 0 Å². The molecule has 0 aromatic heterocycles. The lowest BCUT2D eigenvalue weighted by molar-refractivity contribution is -0.116. The summed E-state index contributed by atoms with van der Waals surface area (Å²) in [5, 5.41) is 3.41. The van der Waals surface area contributed by atoms with E-state index in [1.807, 2.05) is 12.1 Å². The first-order valence-electron chi connectivity index (χ1n) is 9.63. The van der Waals surface area contributed by atoms with Gasteiger partial charge in [0.1, 0.15) is 5.84 Å². The maximum absolute atomic E-state index is 12.7. The number of carbonyl (C=O) groups excluding carboxylic acids is 1. The maximum Gasteiger partial charge on any atom is 0.262 e. The molecule has 2 N–H and O–H groups in total. The van der Waals surface area contributed by atoms with E-state index < -0.39 is 10.0 Å². The molecule has 0 saturated carbocycles. The van der Waals surface area contributed by atoms with Gasteiger partial charge in [0.2, 0.25) is 5.91 Å². The van der Waals surface area contributed by atoms with Crippen molar-refractivity contribution in [3.63, 3.8) is 0 Å². The van der Waals surface area contributed by atoms with Crippen molar-refractivity contribution in [3.05, 3.63) is 59.1 Å². The number of carbonyl (C=O) groups is 1. The van der Waals surface area contributed by atoms with Gasteiger partial charge in [0.05, 0.1) is 4.90 Å². The van der Waals surface area contributed by atoms with E-state index in [4.69, 9.17) is 11.6 Å². The zero-order chi connectivity index (χ0) is 20.7. The number of anilines is 1. The number of nitrogens with one attached hydrogen (secondary N) is 2. The van der Waals surface area contributed by atoms with E-state index in [0.717, 1.165) is 24.8 Å². The molecule has 0 fully saturated rings. The molecule has 0 unspecified atom stereocenters. The van der Waals surface area contributed by atoms with Crippen LogP contribution in [-0.2, 0) is 21.2 Å².